The lowest BCUT2D eigenvalue weighted by Crippen LogP contribution is -2.18. The average molecular weight is 791 g/mol. The highest BCUT2D eigenvalue weighted by atomic mass is 19.4. The van der Waals surface area contributed by atoms with E-state index in [9.17, 15) is 26.3 Å². The molecule has 0 bridgehead atoms. The van der Waals surface area contributed by atoms with Gasteiger partial charge in [0.15, 0.2) is 5.82 Å². The first-order valence-corrected chi connectivity index (χ1v) is 15.8. The number of nitrogens with zero attached hydrogens (tertiary/aromatic N) is 8. The van der Waals surface area contributed by atoms with Crippen molar-refractivity contribution in [1.82, 2.24) is 29.9 Å². The second kappa shape index (κ2) is 13.2. The highest BCUT2D eigenvalue weighted by Gasteiger charge is 2.46. The standard InChI is InChI=1S/C36H18F12N8/c1-15-3-5-18(20(9-15)33(37,38)39)27-31(53-17-11-50-14-51-12-17)23-25(35(43,44)45)30-24(26(29(23)55-27)36(46,47)48)32(54-22-13-49-7-8-52-22)28(56-30)19-6-4-16(2)10-21(19)34(40,41)42/h3-14H,1-2H3. The van der Waals surface area contributed by atoms with Gasteiger partial charge in [0, 0.05) is 34.3 Å². The van der Waals surface area contributed by atoms with Crippen LogP contribution in [0.1, 0.15) is 33.4 Å². The maximum Gasteiger partial charge on any atom is 0.419 e. The van der Waals surface area contributed by atoms with Crippen molar-refractivity contribution in [2.75, 3.05) is 0 Å². The van der Waals surface area contributed by atoms with Crippen molar-refractivity contribution in [3.63, 3.8) is 0 Å². The Bertz CT molecular complexity index is 2570. The third-order valence-electron chi connectivity index (χ3n) is 8.42. The van der Waals surface area contributed by atoms with E-state index in [-0.39, 0.29) is 11.1 Å². The SMILES string of the molecule is Cc1ccc(-c2nc3c(C(F)(F)F)c4c(=Nc5cnccn5)c(-c5ccc(C)cc5C(F)(F)F)nc4c(C(F)(F)F)c3c2=Nc2cncnc2)c(C(F)(F)F)c1. The van der Waals surface area contributed by atoms with Gasteiger partial charge in [-0.2, -0.15) is 52.7 Å². The van der Waals surface area contributed by atoms with Crippen LogP contribution in [0.15, 0.2) is 83.7 Å². The highest BCUT2D eigenvalue weighted by molar-refractivity contribution is 6.07. The number of hydrogen-bond acceptors (Lipinski definition) is 8. The summed E-state index contributed by atoms with van der Waals surface area (Å²) in [7, 11) is 0. The molecule has 7 rings (SSSR count). The number of benzene rings is 3. The van der Waals surface area contributed by atoms with Gasteiger partial charge in [0.2, 0.25) is 0 Å². The van der Waals surface area contributed by atoms with Gasteiger partial charge in [-0.1, -0.05) is 35.4 Å². The second-order valence-corrected chi connectivity index (χ2v) is 12.3. The minimum atomic E-state index is -5.70. The molecule has 0 spiro atoms. The van der Waals surface area contributed by atoms with E-state index < -0.39 is 113 Å². The molecule has 0 aliphatic heterocycles. The van der Waals surface area contributed by atoms with Crippen molar-refractivity contribution < 1.29 is 52.7 Å². The molecule has 7 aromatic rings. The lowest BCUT2D eigenvalue weighted by molar-refractivity contribution is -0.138. The average Bonchev–Trinajstić information content (AvgIpc) is 3.64. The third-order valence-corrected chi connectivity index (χ3v) is 8.42. The van der Waals surface area contributed by atoms with Gasteiger partial charge < -0.3 is 0 Å². The van der Waals surface area contributed by atoms with Crippen LogP contribution in [0.4, 0.5) is 64.2 Å². The number of aryl methyl sites for hydroxylation is 2. The minimum Gasteiger partial charge on any atom is -0.259 e. The molecule has 8 nitrogen and oxygen atoms in total. The van der Waals surface area contributed by atoms with Crippen LogP contribution in [0.2, 0.25) is 0 Å². The summed E-state index contributed by atoms with van der Waals surface area (Å²) < 4.78 is 181. The van der Waals surface area contributed by atoms with E-state index in [1.165, 1.54) is 13.8 Å². The Labute approximate surface area is 304 Å². The first kappa shape index (κ1) is 38.0. The smallest absolute Gasteiger partial charge is 0.259 e. The van der Waals surface area contributed by atoms with E-state index in [1.54, 1.807) is 0 Å². The fraction of sp³-hybridized carbons (Fsp3) is 0.167. The van der Waals surface area contributed by atoms with Crippen LogP contribution in [0.3, 0.4) is 0 Å². The molecule has 0 saturated heterocycles. The van der Waals surface area contributed by atoms with E-state index in [4.69, 9.17) is 0 Å². The fourth-order valence-electron chi connectivity index (χ4n) is 6.26. The van der Waals surface area contributed by atoms with E-state index in [0.717, 1.165) is 61.6 Å². The fourth-order valence-corrected chi connectivity index (χ4v) is 6.26. The minimum absolute atomic E-state index is 0.0393. The Balaban J connectivity index is 1.82. The number of fused-ring (bicyclic) bond motifs is 2. The molecule has 56 heavy (non-hydrogen) atoms. The van der Waals surface area contributed by atoms with Crippen LogP contribution in [0.25, 0.3) is 44.3 Å². The van der Waals surface area contributed by atoms with Crippen molar-refractivity contribution >= 4 is 33.3 Å². The summed E-state index contributed by atoms with van der Waals surface area (Å²) in [6.45, 7) is 2.56. The topological polar surface area (TPSA) is 102 Å². The molecule has 0 N–H and O–H groups in total. The summed E-state index contributed by atoms with van der Waals surface area (Å²) in [6.07, 6.45) is -15.9. The third kappa shape index (κ3) is 6.79. The van der Waals surface area contributed by atoms with Crippen LogP contribution < -0.4 is 10.7 Å². The number of rotatable bonds is 4. The Morgan fingerprint density at radius 1 is 0.518 bits per heavy atom. The van der Waals surface area contributed by atoms with Gasteiger partial charge in [-0.15, -0.1) is 0 Å². The molecule has 0 aliphatic carbocycles. The Hall–Kier alpha value is -6.34. The number of halogens is 12. The number of hydrogen-bond donors (Lipinski definition) is 0. The molecular formula is C36H18F12N8. The Morgan fingerprint density at radius 3 is 1.39 bits per heavy atom. The van der Waals surface area contributed by atoms with Crippen molar-refractivity contribution in [1.29, 1.82) is 0 Å². The second-order valence-electron chi connectivity index (χ2n) is 12.3. The van der Waals surface area contributed by atoms with E-state index in [0.29, 0.717) is 12.1 Å². The molecule has 4 heterocycles. The van der Waals surface area contributed by atoms with Gasteiger partial charge in [-0.05, 0) is 26.0 Å². The molecule has 286 valence electrons. The summed E-state index contributed by atoms with van der Waals surface area (Å²) in [4.78, 5) is 30.6. The molecule has 0 fully saturated rings. The molecule has 3 aromatic carbocycles. The van der Waals surface area contributed by atoms with E-state index in [2.05, 4.69) is 39.9 Å². The van der Waals surface area contributed by atoms with E-state index >= 15 is 26.3 Å². The van der Waals surface area contributed by atoms with Crippen LogP contribution in [0, 0.1) is 13.8 Å². The van der Waals surface area contributed by atoms with Gasteiger partial charge in [-0.25, -0.2) is 34.9 Å². The predicted molar refractivity (Wildman–Crippen MR) is 174 cm³/mol. The number of aromatic nitrogens is 6. The largest absolute Gasteiger partial charge is 0.419 e. The summed E-state index contributed by atoms with van der Waals surface area (Å²) in [5.74, 6) is -0.532. The monoisotopic (exact) mass is 790 g/mol. The first-order chi connectivity index (χ1) is 26.1. The quantitative estimate of drug-likeness (QED) is 0.165. The Kier molecular flexibility index (Phi) is 8.92. The molecule has 0 saturated carbocycles. The van der Waals surface area contributed by atoms with Crippen molar-refractivity contribution in [2.24, 2.45) is 9.98 Å². The van der Waals surface area contributed by atoms with Crippen molar-refractivity contribution in [2.45, 2.75) is 38.6 Å². The predicted octanol–water partition coefficient (Wildman–Crippen LogP) is 9.73. The summed E-state index contributed by atoms with van der Waals surface area (Å²) in [6, 6.07) is 5.16. The van der Waals surface area contributed by atoms with Gasteiger partial charge in [0.05, 0.1) is 63.3 Å². The lowest BCUT2D eigenvalue weighted by Gasteiger charge is -2.14. The number of alkyl halides is 12. The summed E-state index contributed by atoms with van der Waals surface area (Å²) in [5.41, 5.74) is -14.2. The zero-order valence-electron chi connectivity index (χ0n) is 28.0. The lowest BCUT2D eigenvalue weighted by atomic mass is 9.96. The molecule has 0 amide bonds. The Morgan fingerprint density at radius 2 is 0.982 bits per heavy atom. The maximum absolute atomic E-state index is 15.6. The highest BCUT2D eigenvalue weighted by Crippen LogP contribution is 2.48. The van der Waals surface area contributed by atoms with Gasteiger partial charge in [-0.3, -0.25) is 4.98 Å². The normalized spacial score (nSPS) is 13.8. The van der Waals surface area contributed by atoms with Gasteiger partial charge >= 0.3 is 24.7 Å². The van der Waals surface area contributed by atoms with Crippen molar-refractivity contribution in [3.05, 3.63) is 118 Å². The molecule has 0 aliphatic rings. The van der Waals surface area contributed by atoms with Crippen LogP contribution in [0.5, 0.6) is 0 Å². The van der Waals surface area contributed by atoms with Crippen LogP contribution in [-0.2, 0) is 24.7 Å². The molecule has 20 heteroatoms. The van der Waals surface area contributed by atoms with Crippen LogP contribution >= 0.6 is 0 Å². The zero-order chi connectivity index (χ0) is 40.5. The summed E-state index contributed by atoms with van der Waals surface area (Å²) >= 11 is 0. The molecule has 0 atom stereocenters. The zero-order valence-corrected chi connectivity index (χ0v) is 28.0. The molecule has 0 radical (unpaired) electrons. The maximum atomic E-state index is 15.6. The van der Waals surface area contributed by atoms with Crippen molar-refractivity contribution in [3.8, 4) is 22.5 Å². The first-order valence-electron chi connectivity index (χ1n) is 15.8. The molecular weight excluding hydrogens is 772 g/mol. The van der Waals surface area contributed by atoms with Gasteiger partial charge in [0.25, 0.3) is 0 Å². The molecule has 0 unspecified atom stereocenters. The molecule has 4 aromatic heterocycles. The van der Waals surface area contributed by atoms with Gasteiger partial charge in [0.1, 0.15) is 22.7 Å². The summed E-state index contributed by atoms with van der Waals surface area (Å²) in [5, 5.41) is -5.13. The van der Waals surface area contributed by atoms with Crippen LogP contribution in [-0.4, -0.2) is 29.9 Å². The van der Waals surface area contributed by atoms with E-state index in [1.807, 2.05) is 0 Å².